The number of benzene rings is 2. The average molecular weight is 419 g/mol. The summed E-state index contributed by atoms with van der Waals surface area (Å²) >= 11 is 0. The number of nitrogens with one attached hydrogen (secondary N) is 3. The van der Waals surface area contributed by atoms with Crippen LogP contribution in [-0.4, -0.2) is 47.9 Å². The molecule has 3 aromatic rings. The van der Waals surface area contributed by atoms with E-state index in [4.69, 9.17) is 0 Å². The Kier molecular flexibility index (Phi) is 6.37. The maximum Gasteiger partial charge on any atom is 0.251 e. The molecule has 1 aliphatic heterocycles. The number of carbonyl (C=O) groups excluding carboxylic acids is 2. The van der Waals surface area contributed by atoms with Crippen molar-refractivity contribution in [1.82, 2.24) is 15.2 Å². The van der Waals surface area contributed by atoms with Gasteiger partial charge >= 0.3 is 0 Å². The second-order valence-electron chi connectivity index (χ2n) is 8.25. The van der Waals surface area contributed by atoms with E-state index in [1.807, 2.05) is 13.0 Å². The van der Waals surface area contributed by atoms with E-state index in [0.29, 0.717) is 30.3 Å². The first-order chi connectivity index (χ1) is 15.0. The Morgan fingerprint density at radius 1 is 1.10 bits per heavy atom. The molecule has 0 saturated carbocycles. The van der Waals surface area contributed by atoms with Gasteiger partial charge in [-0.15, -0.1) is 0 Å². The number of aryl methyl sites for hydroxylation is 1. The summed E-state index contributed by atoms with van der Waals surface area (Å²) in [4.78, 5) is 30.3. The van der Waals surface area contributed by atoms with Crippen molar-refractivity contribution in [1.29, 1.82) is 0 Å². The van der Waals surface area contributed by atoms with Gasteiger partial charge in [0.2, 0.25) is 5.91 Å². The lowest BCUT2D eigenvalue weighted by atomic mass is 9.87. The molecule has 162 valence electrons. The summed E-state index contributed by atoms with van der Waals surface area (Å²) in [7, 11) is 0. The van der Waals surface area contributed by atoms with Gasteiger partial charge in [0.15, 0.2) is 0 Å². The van der Waals surface area contributed by atoms with E-state index < -0.39 is 0 Å². The van der Waals surface area contributed by atoms with E-state index in [1.165, 1.54) is 22.2 Å². The summed E-state index contributed by atoms with van der Waals surface area (Å²) in [5.74, 6) is 0.340. The molecule has 6 nitrogen and oxygen atoms in total. The van der Waals surface area contributed by atoms with Crippen molar-refractivity contribution in [3.05, 3.63) is 65.4 Å². The molecule has 1 aliphatic rings. The number of fused-ring (bicyclic) bond motifs is 1. The van der Waals surface area contributed by atoms with Gasteiger partial charge in [0.25, 0.3) is 5.91 Å². The average Bonchev–Trinajstić information content (AvgIpc) is 3.10. The molecule has 1 aromatic heterocycles. The highest BCUT2D eigenvalue weighted by atomic mass is 16.2. The molecule has 0 aliphatic carbocycles. The van der Waals surface area contributed by atoms with Gasteiger partial charge in [-0.25, -0.2) is 0 Å². The number of likely N-dealkylation sites (tertiary alicyclic amines) is 1. The van der Waals surface area contributed by atoms with Gasteiger partial charge in [0.05, 0.1) is 6.54 Å². The maximum absolute atomic E-state index is 12.6. The number of H-pyrrole nitrogens is 1. The molecule has 6 heteroatoms. The third kappa shape index (κ3) is 4.80. The Morgan fingerprint density at radius 3 is 2.65 bits per heavy atom. The number of rotatable bonds is 6. The number of para-hydroxylation sites is 1. The van der Waals surface area contributed by atoms with E-state index in [1.54, 1.807) is 18.2 Å². The third-order valence-corrected chi connectivity index (χ3v) is 6.05. The van der Waals surface area contributed by atoms with Gasteiger partial charge in [-0.2, -0.15) is 0 Å². The van der Waals surface area contributed by atoms with Gasteiger partial charge in [-0.3, -0.25) is 14.5 Å². The zero-order chi connectivity index (χ0) is 21.8. The first-order valence-corrected chi connectivity index (χ1v) is 11.0. The lowest BCUT2D eigenvalue weighted by Crippen LogP contribution is -2.38. The fourth-order valence-corrected chi connectivity index (χ4v) is 4.61. The Labute approximate surface area is 183 Å². The lowest BCUT2D eigenvalue weighted by molar-refractivity contribution is -0.117. The molecule has 2 amide bonds. The van der Waals surface area contributed by atoms with Crippen molar-refractivity contribution in [3.8, 4) is 0 Å². The number of aromatic nitrogens is 1. The molecular formula is C25H30N4O2. The number of carbonyl (C=O) groups is 2. The monoisotopic (exact) mass is 418 g/mol. The molecule has 0 unspecified atom stereocenters. The zero-order valence-electron chi connectivity index (χ0n) is 18.2. The zero-order valence-corrected chi connectivity index (χ0v) is 18.2. The second-order valence-corrected chi connectivity index (χ2v) is 8.25. The Morgan fingerprint density at radius 2 is 1.87 bits per heavy atom. The maximum atomic E-state index is 12.6. The number of hydrogen-bond donors (Lipinski definition) is 3. The van der Waals surface area contributed by atoms with Gasteiger partial charge in [-0.05, 0) is 75.5 Å². The molecule has 2 heterocycles. The standard InChI is InChI=1S/C25H30N4O2/c1-3-26-25(31)19-7-6-8-20(15-19)28-23(30)16-29-13-11-18(12-14-29)24-17(2)27-22-10-5-4-9-21(22)24/h4-10,15,18,27H,3,11-14,16H2,1-2H3,(H,26,31)(H,28,30). The van der Waals surface area contributed by atoms with Crippen molar-refractivity contribution in [2.75, 3.05) is 31.5 Å². The van der Waals surface area contributed by atoms with Crippen molar-refractivity contribution in [3.63, 3.8) is 0 Å². The van der Waals surface area contributed by atoms with Gasteiger partial charge in [0, 0.05) is 34.4 Å². The molecule has 0 bridgehead atoms. The van der Waals surface area contributed by atoms with E-state index in [2.05, 4.69) is 51.7 Å². The molecule has 1 fully saturated rings. The number of piperidine rings is 1. The second kappa shape index (κ2) is 9.35. The number of nitrogens with zero attached hydrogens (tertiary/aromatic N) is 1. The quantitative estimate of drug-likeness (QED) is 0.565. The molecule has 0 radical (unpaired) electrons. The van der Waals surface area contributed by atoms with Crippen molar-refractivity contribution >= 4 is 28.4 Å². The van der Waals surface area contributed by atoms with E-state index in [9.17, 15) is 9.59 Å². The molecule has 0 atom stereocenters. The summed E-state index contributed by atoms with van der Waals surface area (Å²) in [5, 5.41) is 7.03. The summed E-state index contributed by atoms with van der Waals surface area (Å²) in [6.07, 6.45) is 2.09. The summed E-state index contributed by atoms with van der Waals surface area (Å²) < 4.78 is 0. The highest BCUT2D eigenvalue weighted by molar-refractivity contribution is 5.97. The van der Waals surface area contributed by atoms with Crippen molar-refractivity contribution < 1.29 is 9.59 Å². The largest absolute Gasteiger partial charge is 0.358 e. The fraction of sp³-hybridized carbons (Fsp3) is 0.360. The molecule has 0 spiro atoms. The lowest BCUT2D eigenvalue weighted by Gasteiger charge is -2.31. The predicted octanol–water partition coefficient (Wildman–Crippen LogP) is 4.04. The highest BCUT2D eigenvalue weighted by Crippen LogP contribution is 2.35. The molecular weight excluding hydrogens is 388 g/mol. The van der Waals surface area contributed by atoms with Crippen LogP contribution in [0.4, 0.5) is 5.69 Å². The number of anilines is 1. The van der Waals surface area contributed by atoms with Crippen LogP contribution < -0.4 is 10.6 Å². The van der Waals surface area contributed by atoms with Crippen LogP contribution in [0.1, 0.15) is 47.3 Å². The summed E-state index contributed by atoms with van der Waals surface area (Å²) in [5.41, 5.74) is 5.09. The van der Waals surface area contributed by atoms with Crippen LogP contribution in [0.3, 0.4) is 0 Å². The number of hydrogen-bond acceptors (Lipinski definition) is 3. The first kappa shape index (κ1) is 21.1. The van der Waals surface area contributed by atoms with Crippen LogP contribution in [0.25, 0.3) is 10.9 Å². The minimum Gasteiger partial charge on any atom is -0.358 e. The van der Waals surface area contributed by atoms with E-state index in [-0.39, 0.29) is 11.8 Å². The Balaban J connectivity index is 1.33. The Bertz CT molecular complexity index is 1080. The number of amides is 2. The van der Waals surface area contributed by atoms with Crippen LogP contribution in [-0.2, 0) is 4.79 Å². The summed E-state index contributed by atoms with van der Waals surface area (Å²) in [6, 6.07) is 15.6. The smallest absolute Gasteiger partial charge is 0.251 e. The Hall–Kier alpha value is -3.12. The van der Waals surface area contributed by atoms with Gasteiger partial charge in [-0.1, -0.05) is 24.3 Å². The van der Waals surface area contributed by atoms with Gasteiger partial charge < -0.3 is 15.6 Å². The van der Waals surface area contributed by atoms with Gasteiger partial charge in [0.1, 0.15) is 0 Å². The third-order valence-electron chi connectivity index (χ3n) is 6.05. The van der Waals surface area contributed by atoms with Crippen molar-refractivity contribution in [2.24, 2.45) is 0 Å². The topological polar surface area (TPSA) is 77.2 Å². The van der Waals surface area contributed by atoms with Crippen LogP contribution >= 0.6 is 0 Å². The van der Waals surface area contributed by atoms with Crippen molar-refractivity contribution in [2.45, 2.75) is 32.6 Å². The summed E-state index contributed by atoms with van der Waals surface area (Å²) in [6.45, 7) is 6.77. The van der Waals surface area contributed by atoms with Crippen LogP contribution in [0, 0.1) is 6.92 Å². The molecule has 1 saturated heterocycles. The minimum atomic E-state index is -0.131. The first-order valence-electron chi connectivity index (χ1n) is 11.0. The van der Waals surface area contributed by atoms with E-state index >= 15 is 0 Å². The predicted molar refractivity (Wildman–Crippen MR) is 125 cm³/mol. The fourth-order valence-electron chi connectivity index (χ4n) is 4.61. The SMILES string of the molecule is CCNC(=O)c1cccc(NC(=O)CN2CCC(c3c(C)[nH]c4ccccc34)CC2)c1. The normalized spacial score (nSPS) is 15.2. The van der Waals surface area contributed by atoms with Crippen LogP contribution in [0.15, 0.2) is 48.5 Å². The minimum absolute atomic E-state index is 0.0465. The molecule has 2 aromatic carbocycles. The molecule has 3 N–H and O–H groups in total. The molecule has 31 heavy (non-hydrogen) atoms. The van der Waals surface area contributed by atoms with Crippen LogP contribution in [0.5, 0.6) is 0 Å². The molecule has 4 rings (SSSR count). The highest BCUT2D eigenvalue weighted by Gasteiger charge is 2.25. The number of aromatic amines is 1. The van der Waals surface area contributed by atoms with Crippen LogP contribution in [0.2, 0.25) is 0 Å². The van der Waals surface area contributed by atoms with E-state index in [0.717, 1.165) is 25.9 Å².